The van der Waals surface area contributed by atoms with Crippen LogP contribution in [0.2, 0.25) is 0 Å². The summed E-state index contributed by atoms with van der Waals surface area (Å²) in [5.41, 5.74) is 3.06. The molecule has 0 spiro atoms. The highest BCUT2D eigenvalue weighted by molar-refractivity contribution is 7.92. The lowest BCUT2D eigenvalue weighted by atomic mass is 10.1. The van der Waals surface area contributed by atoms with Gasteiger partial charge in [0.1, 0.15) is 18.3 Å². The number of hydrogen-bond donors (Lipinski definition) is 1. The first-order chi connectivity index (χ1) is 19.1. The molecule has 2 amide bonds. The number of rotatable bonds is 13. The van der Waals surface area contributed by atoms with Crippen molar-refractivity contribution in [1.82, 2.24) is 10.2 Å². The quantitative estimate of drug-likeness (QED) is 0.299. The van der Waals surface area contributed by atoms with Gasteiger partial charge in [0, 0.05) is 19.2 Å². The first-order valence-corrected chi connectivity index (χ1v) is 14.9. The fourth-order valence-electron chi connectivity index (χ4n) is 4.26. The summed E-state index contributed by atoms with van der Waals surface area (Å²) in [7, 11) is -2.65. The maximum atomic E-state index is 14.0. The Bertz CT molecular complexity index is 1410. The number of aryl methyl sites for hydroxylation is 2. The summed E-state index contributed by atoms with van der Waals surface area (Å²) in [5, 5.41) is 2.90. The van der Waals surface area contributed by atoms with Gasteiger partial charge in [-0.25, -0.2) is 8.42 Å². The summed E-state index contributed by atoms with van der Waals surface area (Å²) < 4.78 is 34.2. The molecule has 0 bridgehead atoms. The molecule has 1 atom stereocenters. The average molecular weight is 566 g/mol. The van der Waals surface area contributed by atoms with Gasteiger partial charge in [-0.1, -0.05) is 66.9 Å². The molecule has 8 nitrogen and oxygen atoms in total. The van der Waals surface area contributed by atoms with Gasteiger partial charge in [-0.05, 0) is 57.0 Å². The van der Waals surface area contributed by atoms with Crippen molar-refractivity contribution in [2.45, 2.75) is 58.0 Å². The minimum atomic E-state index is -4.14. The molecule has 0 aliphatic carbocycles. The number of unbranched alkanes of at least 4 members (excludes halogenated alkanes) is 1. The minimum absolute atomic E-state index is 0.0595. The molecular weight excluding hydrogens is 526 g/mol. The molecule has 40 heavy (non-hydrogen) atoms. The smallest absolute Gasteiger partial charge is 0.264 e. The molecule has 0 saturated heterocycles. The van der Waals surface area contributed by atoms with Gasteiger partial charge >= 0.3 is 0 Å². The lowest BCUT2D eigenvalue weighted by Gasteiger charge is -2.32. The Morgan fingerprint density at radius 3 is 2.30 bits per heavy atom. The first-order valence-electron chi connectivity index (χ1n) is 13.4. The molecule has 1 N–H and O–H groups in total. The molecular formula is C31H39N3O5S. The maximum absolute atomic E-state index is 14.0. The number of nitrogens with zero attached hydrogens (tertiary/aromatic N) is 2. The average Bonchev–Trinajstić information content (AvgIpc) is 2.94. The van der Waals surface area contributed by atoms with E-state index in [1.54, 1.807) is 43.3 Å². The fourth-order valence-corrected chi connectivity index (χ4v) is 5.66. The molecule has 0 aromatic heterocycles. The van der Waals surface area contributed by atoms with E-state index in [1.807, 2.05) is 45.0 Å². The molecule has 0 fully saturated rings. The Hall–Kier alpha value is -3.85. The Balaban J connectivity index is 2.02. The predicted molar refractivity (Wildman–Crippen MR) is 158 cm³/mol. The van der Waals surface area contributed by atoms with Gasteiger partial charge < -0.3 is 15.0 Å². The Kier molecular flexibility index (Phi) is 10.7. The second-order valence-corrected chi connectivity index (χ2v) is 11.7. The highest BCUT2D eigenvalue weighted by Crippen LogP contribution is 2.28. The molecule has 0 aliphatic rings. The van der Waals surface area contributed by atoms with Gasteiger partial charge in [0.25, 0.3) is 10.0 Å². The first kappa shape index (κ1) is 30.7. The number of nitrogens with one attached hydrogen (secondary N) is 1. The van der Waals surface area contributed by atoms with E-state index in [9.17, 15) is 18.0 Å². The summed E-state index contributed by atoms with van der Waals surface area (Å²) in [6.07, 6.45) is 1.75. The van der Waals surface area contributed by atoms with Crippen LogP contribution < -0.4 is 14.4 Å². The molecule has 0 aliphatic heterocycles. The van der Waals surface area contributed by atoms with E-state index in [0.717, 1.165) is 33.8 Å². The van der Waals surface area contributed by atoms with Crippen molar-refractivity contribution in [3.05, 3.63) is 89.5 Å². The standard InChI is InChI=1S/C31H39N3O5S/c1-6-7-18-32-31(36)25(4)33(21-26-11-8-10-24(3)19-26)30(35)22-34(27-12-9-13-28(20-27)39-5)40(37,38)29-16-14-23(2)15-17-29/h8-17,19-20,25H,6-7,18,21-22H2,1-5H3,(H,32,36)/t25-/m0/s1. The van der Waals surface area contributed by atoms with Crippen LogP contribution in [0.1, 0.15) is 43.4 Å². The number of sulfonamides is 1. The molecule has 9 heteroatoms. The van der Waals surface area contributed by atoms with Crippen LogP contribution in [-0.2, 0) is 26.2 Å². The number of benzene rings is 3. The van der Waals surface area contributed by atoms with E-state index in [2.05, 4.69) is 5.32 Å². The van der Waals surface area contributed by atoms with E-state index >= 15 is 0 Å². The number of carbonyl (C=O) groups is 2. The van der Waals surface area contributed by atoms with Crippen molar-refractivity contribution in [2.75, 3.05) is 24.5 Å². The number of hydrogen-bond acceptors (Lipinski definition) is 5. The Morgan fingerprint density at radius 1 is 0.950 bits per heavy atom. The van der Waals surface area contributed by atoms with Crippen molar-refractivity contribution in [3.8, 4) is 5.75 Å². The van der Waals surface area contributed by atoms with Gasteiger partial charge in [-0.15, -0.1) is 0 Å². The van der Waals surface area contributed by atoms with E-state index in [1.165, 1.54) is 24.1 Å². The van der Waals surface area contributed by atoms with E-state index in [4.69, 9.17) is 4.74 Å². The fraction of sp³-hybridized carbons (Fsp3) is 0.355. The van der Waals surface area contributed by atoms with Crippen LogP contribution in [0.3, 0.4) is 0 Å². The normalized spacial score (nSPS) is 11.9. The van der Waals surface area contributed by atoms with Gasteiger partial charge in [0.2, 0.25) is 11.8 Å². The van der Waals surface area contributed by atoms with E-state index < -0.39 is 28.5 Å². The number of anilines is 1. The molecule has 0 radical (unpaired) electrons. The molecule has 3 aromatic rings. The van der Waals surface area contributed by atoms with Crippen molar-refractivity contribution < 1.29 is 22.7 Å². The highest BCUT2D eigenvalue weighted by atomic mass is 32.2. The van der Waals surface area contributed by atoms with Gasteiger partial charge in [0.05, 0.1) is 17.7 Å². The second-order valence-electron chi connectivity index (χ2n) is 9.86. The number of amides is 2. The van der Waals surface area contributed by atoms with Crippen molar-refractivity contribution in [2.24, 2.45) is 0 Å². The van der Waals surface area contributed by atoms with Crippen LogP contribution in [0.5, 0.6) is 5.75 Å². The summed E-state index contributed by atoms with van der Waals surface area (Å²) in [6, 6.07) is 19.9. The number of ether oxygens (including phenoxy) is 1. The molecule has 3 aromatic carbocycles. The zero-order valence-electron chi connectivity index (χ0n) is 23.9. The summed E-state index contributed by atoms with van der Waals surface area (Å²) in [4.78, 5) is 28.5. The number of carbonyl (C=O) groups excluding carboxylic acids is 2. The molecule has 0 unspecified atom stereocenters. The van der Waals surface area contributed by atoms with Crippen LogP contribution in [0, 0.1) is 13.8 Å². The van der Waals surface area contributed by atoms with Gasteiger partial charge in [-0.3, -0.25) is 13.9 Å². The van der Waals surface area contributed by atoms with Crippen molar-refractivity contribution in [1.29, 1.82) is 0 Å². The highest BCUT2D eigenvalue weighted by Gasteiger charge is 2.32. The van der Waals surface area contributed by atoms with Crippen LogP contribution in [-0.4, -0.2) is 51.4 Å². The summed E-state index contributed by atoms with van der Waals surface area (Å²) in [5.74, 6) is -0.337. The Labute approximate surface area is 238 Å². The third kappa shape index (κ3) is 7.85. The SMILES string of the molecule is CCCCNC(=O)[C@H](C)N(Cc1cccc(C)c1)C(=O)CN(c1cccc(OC)c1)S(=O)(=O)c1ccc(C)cc1. The summed E-state index contributed by atoms with van der Waals surface area (Å²) >= 11 is 0. The van der Waals surface area contributed by atoms with E-state index in [0.29, 0.717) is 12.3 Å². The lowest BCUT2D eigenvalue weighted by Crippen LogP contribution is -2.51. The summed E-state index contributed by atoms with van der Waals surface area (Å²) in [6.45, 7) is 7.68. The zero-order valence-corrected chi connectivity index (χ0v) is 24.7. The molecule has 0 heterocycles. The molecule has 214 valence electrons. The number of methoxy groups -OCH3 is 1. The van der Waals surface area contributed by atoms with Crippen molar-refractivity contribution >= 4 is 27.5 Å². The molecule has 3 rings (SSSR count). The van der Waals surface area contributed by atoms with E-state index in [-0.39, 0.29) is 23.0 Å². The Morgan fingerprint density at radius 2 is 1.65 bits per heavy atom. The van der Waals surface area contributed by atoms with Crippen LogP contribution in [0.4, 0.5) is 5.69 Å². The van der Waals surface area contributed by atoms with Crippen LogP contribution >= 0.6 is 0 Å². The predicted octanol–water partition coefficient (Wildman–Crippen LogP) is 4.84. The third-order valence-electron chi connectivity index (χ3n) is 6.66. The zero-order chi connectivity index (χ0) is 29.3. The minimum Gasteiger partial charge on any atom is -0.497 e. The van der Waals surface area contributed by atoms with Crippen LogP contribution in [0.15, 0.2) is 77.7 Å². The van der Waals surface area contributed by atoms with Gasteiger partial charge in [0.15, 0.2) is 0 Å². The van der Waals surface area contributed by atoms with Crippen LogP contribution in [0.25, 0.3) is 0 Å². The largest absolute Gasteiger partial charge is 0.497 e. The van der Waals surface area contributed by atoms with Gasteiger partial charge in [-0.2, -0.15) is 0 Å². The second kappa shape index (κ2) is 14.0. The maximum Gasteiger partial charge on any atom is 0.264 e. The lowest BCUT2D eigenvalue weighted by molar-refractivity contribution is -0.139. The van der Waals surface area contributed by atoms with Crippen molar-refractivity contribution in [3.63, 3.8) is 0 Å². The molecule has 0 saturated carbocycles. The topological polar surface area (TPSA) is 96.0 Å². The monoisotopic (exact) mass is 565 g/mol. The third-order valence-corrected chi connectivity index (χ3v) is 8.45.